The summed E-state index contributed by atoms with van der Waals surface area (Å²) in [7, 11) is 3.60. The summed E-state index contributed by atoms with van der Waals surface area (Å²) in [5.74, 6) is 0.216. The van der Waals surface area contributed by atoms with Crippen molar-refractivity contribution in [2.45, 2.75) is 25.3 Å². The molecule has 1 aliphatic heterocycles. The van der Waals surface area contributed by atoms with Crippen LogP contribution in [0.2, 0.25) is 0 Å². The minimum absolute atomic E-state index is 0.216. The van der Waals surface area contributed by atoms with Crippen molar-refractivity contribution >= 4 is 5.91 Å². The molecular weight excluding hydrogens is 178 g/mol. The van der Waals surface area contributed by atoms with Gasteiger partial charge < -0.3 is 15.5 Å². The van der Waals surface area contributed by atoms with Crippen LogP contribution < -0.4 is 5.73 Å². The van der Waals surface area contributed by atoms with Gasteiger partial charge in [0, 0.05) is 33.1 Å². The smallest absolute Gasteiger partial charge is 0.222 e. The molecule has 14 heavy (non-hydrogen) atoms. The second-order valence-electron chi connectivity index (χ2n) is 4.24. The van der Waals surface area contributed by atoms with Crippen molar-refractivity contribution in [2.24, 2.45) is 5.73 Å². The van der Waals surface area contributed by atoms with Crippen LogP contribution in [-0.4, -0.2) is 55.5 Å². The van der Waals surface area contributed by atoms with Gasteiger partial charge in [0.2, 0.25) is 5.91 Å². The van der Waals surface area contributed by atoms with Crippen molar-refractivity contribution < 1.29 is 4.79 Å². The Morgan fingerprint density at radius 2 is 2.29 bits per heavy atom. The van der Waals surface area contributed by atoms with E-state index in [2.05, 4.69) is 4.90 Å². The SMILES string of the molecule is CN(C)C(=O)CCCN1CCC(N)C1. The van der Waals surface area contributed by atoms with Gasteiger partial charge in [0.1, 0.15) is 0 Å². The molecule has 0 aromatic heterocycles. The standard InChI is InChI=1S/C10H21N3O/c1-12(2)10(14)4-3-6-13-7-5-9(11)8-13/h9H,3-8,11H2,1-2H3. The lowest BCUT2D eigenvalue weighted by Gasteiger charge is -2.15. The number of hydrogen-bond acceptors (Lipinski definition) is 3. The monoisotopic (exact) mass is 199 g/mol. The van der Waals surface area contributed by atoms with Gasteiger partial charge in [-0.15, -0.1) is 0 Å². The first-order valence-corrected chi connectivity index (χ1v) is 5.27. The normalized spacial score (nSPS) is 22.6. The molecule has 0 spiro atoms. The van der Waals surface area contributed by atoms with E-state index >= 15 is 0 Å². The van der Waals surface area contributed by atoms with E-state index in [-0.39, 0.29) is 5.91 Å². The third kappa shape index (κ3) is 3.64. The average molecular weight is 199 g/mol. The van der Waals surface area contributed by atoms with E-state index in [9.17, 15) is 4.79 Å². The predicted molar refractivity (Wildman–Crippen MR) is 57.0 cm³/mol. The lowest BCUT2D eigenvalue weighted by atomic mass is 10.2. The number of nitrogens with two attached hydrogens (primary N) is 1. The Hall–Kier alpha value is -0.610. The number of amides is 1. The zero-order valence-electron chi connectivity index (χ0n) is 9.20. The maximum Gasteiger partial charge on any atom is 0.222 e. The van der Waals surface area contributed by atoms with Gasteiger partial charge in [-0.05, 0) is 25.9 Å². The van der Waals surface area contributed by atoms with Gasteiger partial charge in [0.15, 0.2) is 0 Å². The van der Waals surface area contributed by atoms with Crippen LogP contribution in [-0.2, 0) is 4.79 Å². The molecule has 0 bridgehead atoms. The fourth-order valence-electron chi connectivity index (χ4n) is 1.74. The van der Waals surface area contributed by atoms with Gasteiger partial charge in [-0.25, -0.2) is 0 Å². The first kappa shape index (κ1) is 11.5. The van der Waals surface area contributed by atoms with Crippen LogP contribution in [0, 0.1) is 0 Å². The summed E-state index contributed by atoms with van der Waals surface area (Å²) < 4.78 is 0. The molecule has 1 heterocycles. The number of nitrogens with zero attached hydrogens (tertiary/aromatic N) is 2. The Balaban J connectivity index is 2.07. The molecular formula is C10H21N3O. The molecule has 2 N–H and O–H groups in total. The van der Waals surface area contributed by atoms with Crippen molar-refractivity contribution in [1.29, 1.82) is 0 Å². The van der Waals surface area contributed by atoms with E-state index in [4.69, 9.17) is 5.73 Å². The van der Waals surface area contributed by atoms with Crippen LogP contribution in [0.5, 0.6) is 0 Å². The molecule has 1 atom stereocenters. The fraction of sp³-hybridized carbons (Fsp3) is 0.900. The van der Waals surface area contributed by atoms with Gasteiger partial charge >= 0.3 is 0 Å². The second kappa shape index (κ2) is 5.32. The van der Waals surface area contributed by atoms with Crippen LogP contribution in [0.1, 0.15) is 19.3 Å². The highest BCUT2D eigenvalue weighted by molar-refractivity contribution is 5.75. The van der Waals surface area contributed by atoms with Crippen molar-refractivity contribution in [3.63, 3.8) is 0 Å². The topological polar surface area (TPSA) is 49.6 Å². The van der Waals surface area contributed by atoms with Gasteiger partial charge in [-0.3, -0.25) is 4.79 Å². The molecule has 1 rings (SSSR count). The Morgan fingerprint density at radius 1 is 1.57 bits per heavy atom. The highest BCUT2D eigenvalue weighted by atomic mass is 16.2. The number of hydrogen-bond donors (Lipinski definition) is 1. The van der Waals surface area contributed by atoms with Gasteiger partial charge in [-0.2, -0.15) is 0 Å². The molecule has 1 aliphatic rings. The van der Waals surface area contributed by atoms with Crippen molar-refractivity contribution in [1.82, 2.24) is 9.80 Å². The maximum atomic E-state index is 11.3. The molecule has 0 radical (unpaired) electrons. The molecule has 0 aromatic carbocycles. The van der Waals surface area contributed by atoms with Crippen LogP contribution in [0.4, 0.5) is 0 Å². The molecule has 82 valence electrons. The van der Waals surface area contributed by atoms with E-state index in [1.165, 1.54) is 0 Å². The van der Waals surface area contributed by atoms with Crippen LogP contribution in [0.25, 0.3) is 0 Å². The van der Waals surface area contributed by atoms with E-state index < -0.39 is 0 Å². The lowest BCUT2D eigenvalue weighted by molar-refractivity contribution is -0.128. The fourth-order valence-corrected chi connectivity index (χ4v) is 1.74. The maximum absolute atomic E-state index is 11.3. The molecule has 1 fully saturated rings. The summed E-state index contributed by atoms with van der Waals surface area (Å²) in [6.07, 6.45) is 2.70. The zero-order chi connectivity index (χ0) is 10.6. The van der Waals surface area contributed by atoms with Crippen molar-refractivity contribution in [3.8, 4) is 0 Å². The van der Waals surface area contributed by atoms with E-state index in [1.54, 1.807) is 19.0 Å². The lowest BCUT2D eigenvalue weighted by Crippen LogP contribution is -2.28. The molecule has 4 nitrogen and oxygen atoms in total. The first-order chi connectivity index (χ1) is 6.59. The van der Waals surface area contributed by atoms with E-state index in [0.717, 1.165) is 32.5 Å². The van der Waals surface area contributed by atoms with E-state index in [1.807, 2.05) is 0 Å². The van der Waals surface area contributed by atoms with Gasteiger partial charge in [-0.1, -0.05) is 0 Å². The summed E-state index contributed by atoms with van der Waals surface area (Å²) in [5.41, 5.74) is 5.79. The number of likely N-dealkylation sites (tertiary alicyclic amines) is 1. The predicted octanol–water partition coefficient (Wildman–Crippen LogP) is -0.112. The molecule has 1 saturated heterocycles. The number of carbonyl (C=O) groups excluding carboxylic acids is 1. The van der Waals surface area contributed by atoms with Gasteiger partial charge in [0.25, 0.3) is 0 Å². The quantitative estimate of drug-likeness (QED) is 0.687. The Labute approximate surface area is 86.0 Å². The van der Waals surface area contributed by atoms with Crippen LogP contribution >= 0.6 is 0 Å². The molecule has 0 saturated carbocycles. The second-order valence-corrected chi connectivity index (χ2v) is 4.24. The first-order valence-electron chi connectivity index (χ1n) is 5.27. The molecule has 1 amide bonds. The number of carbonyl (C=O) groups is 1. The largest absolute Gasteiger partial charge is 0.349 e. The average Bonchev–Trinajstić information content (AvgIpc) is 2.51. The summed E-state index contributed by atoms with van der Waals surface area (Å²) >= 11 is 0. The Morgan fingerprint density at radius 3 is 2.79 bits per heavy atom. The zero-order valence-corrected chi connectivity index (χ0v) is 9.20. The van der Waals surface area contributed by atoms with Crippen LogP contribution in [0.3, 0.4) is 0 Å². The Kier molecular flexibility index (Phi) is 4.35. The molecule has 1 unspecified atom stereocenters. The molecule has 4 heteroatoms. The summed E-state index contributed by atoms with van der Waals surface area (Å²) in [6, 6.07) is 0.347. The van der Waals surface area contributed by atoms with E-state index in [0.29, 0.717) is 12.5 Å². The third-order valence-electron chi connectivity index (χ3n) is 2.67. The van der Waals surface area contributed by atoms with Crippen LogP contribution in [0.15, 0.2) is 0 Å². The Bertz CT molecular complexity index is 194. The molecule has 0 aliphatic carbocycles. The highest BCUT2D eigenvalue weighted by Crippen LogP contribution is 2.08. The highest BCUT2D eigenvalue weighted by Gasteiger charge is 2.18. The van der Waals surface area contributed by atoms with Gasteiger partial charge in [0.05, 0.1) is 0 Å². The summed E-state index contributed by atoms with van der Waals surface area (Å²) in [5, 5.41) is 0. The minimum atomic E-state index is 0.216. The summed E-state index contributed by atoms with van der Waals surface area (Å²) in [4.78, 5) is 15.3. The molecule has 0 aromatic rings. The minimum Gasteiger partial charge on any atom is -0.349 e. The third-order valence-corrected chi connectivity index (χ3v) is 2.67. The van der Waals surface area contributed by atoms with Crippen molar-refractivity contribution in [2.75, 3.05) is 33.7 Å². The summed E-state index contributed by atoms with van der Waals surface area (Å²) in [6.45, 7) is 3.10. The number of rotatable bonds is 4. The van der Waals surface area contributed by atoms with Crippen molar-refractivity contribution in [3.05, 3.63) is 0 Å².